The zero-order valence-electron chi connectivity index (χ0n) is 22.8. The molecule has 2 heterocycles. The summed E-state index contributed by atoms with van der Waals surface area (Å²) < 4.78 is 8.14. The predicted molar refractivity (Wildman–Crippen MR) is 159 cm³/mol. The van der Waals surface area contributed by atoms with Gasteiger partial charge in [-0.3, -0.25) is 4.99 Å². The Kier molecular flexibility index (Phi) is 7.69. The van der Waals surface area contributed by atoms with Crippen LogP contribution in [-0.4, -0.2) is 43.1 Å². The van der Waals surface area contributed by atoms with E-state index in [9.17, 15) is 4.79 Å². The number of hydrogen-bond donors (Lipinski definition) is 2. The Morgan fingerprint density at radius 2 is 1.82 bits per heavy atom. The molecule has 0 radical (unpaired) electrons. The second-order valence-corrected chi connectivity index (χ2v) is 11.2. The van der Waals surface area contributed by atoms with Gasteiger partial charge in [0, 0.05) is 43.4 Å². The lowest BCUT2D eigenvalue weighted by molar-refractivity contribution is 0.0665. The summed E-state index contributed by atoms with van der Waals surface area (Å²) in [5.41, 5.74) is 6.81. The Hall–Kier alpha value is -3.56. The third-order valence-corrected chi connectivity index (χ3v) is 8.62. The van der Waals surface area contributed by atoms with E-state index >= 15 is 0 Å². The molecule has 1 aliphatic heterocycles. The smallest absolute Gasteiger partial charge is 0.319 e. The Balaban J connectivity index is 1.38. The van der Waals surface area contributed by atoms with Gasteiger partial charge in [-0.15, -0.1) is 0 Å². The van der Waals surface area contributed by atoms with Crippen molar-refractivity contribution in [2.45, 2.75) is 69.9 Å². The van der Waals surface area contributed by atoms with Crippen molar-refractivity contribution in [3.63, 3.8) is 0 Å². The van der Waals surface area contributed by atoms with Crippen LogP contribution in [0.4, 0.5) is 10.5 Å². The molecule has 0 bridgehead atoms. The van der Waals surface area contributed by atoms with E-state index in [-0.39, 0.29) is 6.03 Å². The topological polar surface area (TPSA) is 67.7 Å². The van der Waals surface area contributed by atoms with Crippen LogP contribution in [0, 0.1) is 17.8 Å². The number of urea groups is 1. The van der Waals surface area contributed by atoms with Crippen LogP contribution in [-0.2, 0) is 11.2 Å². The van der Waals surface area contributed by atoms with Crippen molar-refractivity contribution < 1.29 is 9.53 Å². The average molecular weight is 523 g/mol. The molecular formula is C33H38N4O2. The Labute approximate surface area is 231 Å². The molecule has 6 rings (SSSR count). The van der Waals surface area contributed by atoms with Crippen molar-refractivity contribution in [3.8, 4) is 23.1 Å². The van der Waals surface area contributed by atoms with Gasteiger partial charge in [0.15, 0.2) is 0 Å². The average Bonchev–Trinajstić information content (AvgIpc) is 3.19. The van der Waals surface area contributed by atoms with Crippen molar-refractivity contribution in [1.29, 1.82) is 0 Å². The fraction of sp³-hybridized carbons (Fsp3) is 0.455. The maximum absolute atomic E-state index is 12.4. The standard InChI is InChI=1S/C33H38N4O2/c1-34-18-4-9-30-29-15-10-24(21-23-16-19-39-20-17-23)22-31(29)37(28-7-3-8-28)32(30)25-11-13-27(14-12-25)36-33(38)35-26-5-2-6-26/h10-15,18,22-23,26,28H,2-3,5-8,16-17,19-21H2,1H3,(H2,35,36,38). The van der Waals surface area contributed by atoms with Crippen LogP contribution in [0.1, 0.15) is 68.5 Å². The second-order valence-electron chi connectivity index (χ2n) is 11.2. The number of ether oxygens (including phenoxy) is 1. The Morgan fingerprint density at radius 1 is 1.05 bits per heavy atom. The van der Waals surface area contributed by atoms with E-state index in [0.29, 0.717) is 18.0 Å². The molecule has 3 aromatic rings. The number of amides is 2. The summed E-state index contributed by atoms with van der Waals surface area (Å²) in [4.78, 5) is 16.5. The maximum Gasteiger partial charge on any atom is 0.319 e. The molecule has 2 aliphatic carbocycles. The lowest BCUT2D eigenvalue weighted by Gasteiger charge is -2.30. The minimum Gasteiger partial charge on any atom is -0.381 e. The third-order valence-electron chi connectivity index (χ3n) is 8.62. The molecule has 1 aromatic heterocycles. The highest BCUT2D eigenvalue weighted by atomic mass is 16.5. The number of nitrogens with zero attached hydrogens (tertiary/aromatic N) is 2. The van der Waals surface area contributed by atoms with E-state index in [0.717, 1.165) is 62.1 Å². The van der Waals surface area contributed by atoms with E-state index in [1.165, 1.54) is 47.8 Å². The minimum atomic E-state index is -0.126. The number of carbonyl (C=O) groups excluding carboxylic acids is 1. The Morgan fingerprint density at radius 3 is 2.49 bits per heavy atom. The number of fused-ring (bicyclic) bond motifs is 1. The van der Waals surface area contributed by atoms with Crippen LogP contribution in [0.3, 0.4) is 0 Å². The summed E-state index contributed by atoms with van der Waals surface area (Å²) >= 11 is 0. The van der Waals surface area contributed by atoms with Crippen molar-refractivity contribution in [2.75, 3.05) is 25.6 Å². The fourth-order valence-electron chi connectivity index (χ4n) is 5.99. The maximum atomic E-state index is 12.4. The van der Waals surface area contributed by atoms with E-state index in [1.807, 2.05) is 12.1 Å². The quantitative estimate of drug-likeness (QED) is 0.278. The number of carbonyl (C=O) groups is 1. The lowest BCUT2D eigenvalue weighted by Crippen LogP contribution is -2.41. The summed E-state index contributed by atoms with van der Waals surface area (Å²) in [6.07, 6.45) is 12.0. The van der Waals surface area contributed by atoms with E-state index in [4.69, 9.17) is 4.74 Å². The number of aromatic nitrogens is 1. The zero-order chi connectivity index (χ0) is 26.6. The molecule has 3 fully saturated rings. The highest BCUT2D eigenvalue weighted by molar-refractivity contribution is 5.97. The van der Waals surface area contributed by atoms with Crippen LogP contribution >= 0.6 is 0 Å². The first-order chi connectivity index (χ1) is 19.2. The van der Waals surface area contributed by atoms with Gasteiger partial charge < -0.3 is 19.9 Å². The summed E-state index contributed by atoms with van der Waals surface area (Å²) in [5.74, 6) is 7.28. The largest absolute Gasteiger partial charge is 0.381 e. The van der Waals surface area contributed by atoms with Gasteiger partial charge >= 0.3 is 6.03 Å². The van der Waals surface area contributed by atoms with Crippen LogP contribution in [0.2, 0.25) is 0 Å². The molecule has 3 aliphatic rings. The molecular weight excluding hydrogens is 484 g/mol. The van der Waals surface area contributed by atoms with Gasteiger partial charge in [-0.1, -0.05) is 30.2 Å². The van der Waals surface area contributed by atoms with Gasteiger partial charge in [-0.05, 0) is 99.0 Å². The first-order valence-electron chi connectivity index (χ1n) is 14.5. The molecule has 0 atom stereocenters. The summed E-state index contributed by atoms with van der Waals surface area (Å²) in [6.45, 7) is 1.75. The molecule has 39 heavy (non-hydrogen) atoms. The molecule has 202 valence electrons. The Bertz CT molecular complexity index is 1410. The van der Waals surface area contributed by atoms with E-state index in [1.54, 1.807) is 13.3 Å². The molecule has 2 amide bonds. The number of anilines is 1. The normalized spacial score (nSPS) is 18.4. The van der Waals surface area contributed by atoms with Gasteiger partial charge in [0.25, 0.3) is 0 Å². The first-order valence-corrected chi connectivity index (χ1v) is 14.5. The summed E-state index contributed by atoms with van der Waals surface area (Å²) in [7, 11) is 1.75. The summed E-state index contributed by atoms with van der Waals surface area (Å²) in [5, 5.41) is 7.25. The number of rotatable bonds is 6. The number of nitrogens with one attached hydrogen (secondary N) is 2. The molecule has 2 saturated carbocycles. The molecule has 0 unspecified atom stereocenters. The van der Waals surface area contributed by atoms with Crippen LogP contribution in [0.5, 0.6) is 0 Å². The third kappa shape index (κ3) is 5.60. The minimum absolute atomic E-state index is 0.126. The van der Waals surface area contributed by atoms with Gasteiger partial charge in [0.05, 0.1) is 23.0 Å². The molecule has 2 aromatic carbocycles. The van der Waals surface area contributed by atoms with Crippen molar-refractivity contribution in [2.24, 2.45) is 10.9 Å². The monoisotopic (exact) mass is 522 g/mol. The fourth-order valence-corrected chi connectivity index (χ4v) is 5.99. The molecule has 1 saturated heterocycles. The van der Waals surface area contributed by atoms with E-state index < -0.39 is 0 Å². The molecule has 0 spiro atoms. The molecule has 2 N–H and O–H groups in total. The zero-order valence-corrected chi connectivity index (χ0v) is 22.8. The van der Waals surface area contributed by atoms with Gasteiger partial charge in [0.1, 0.15) is 0 Å². The van der Waals surface area contributed by atoms with E-state index in [2.05, 4.69) is 62.4 Å². The van der Waals surface area contributed by atoms with Crippen molar-refractivity contribution in [1.82, 2.24) is 9.88 Å². The van der Waals surface area contributed by atoms with Crippen LogP contribution in [0.25, 0.3) is 22.2 Å². The highest BCUT2D eigenvalue weighted by Gasteiger charge is 2.28. The second kappa shape index (κ2) is 11.7. The van der Waals surface area contributed by atoms with Gasteiger partial charge in [0.2, 0.25) is 0 Å². The number of hydrogen-bond acceptors (Lipinski definition) is 3. The SMILES string of the molecule is CN=CC#Cc1c(-c2ccc(NC(=O)NC3CCC3)cc2)n(C2CCC2)c2cc(CC3CCOCC3)ccc12. The summed E-state index contributed by atoms with van der Waals surface area (Å²) in [6, 6.07) is 15.9. The highest BCUT2D eigenvalue weighted by Crippen LogP contribution is 2.43. The first kappa shape index (κ1) is 25.7. The van der Waals surface area contributed by atoms with Crippen molar-refractivity contribution >= 4 is 28.8 Å². The molecule has 6 nitrogen and oxygen atoms in total. The number of aliphatic imine (C=N–C) groups is 1. The van der Waals surface area contributed by atoms with Crippen LogP contribution in [0.15, 0.2) is 47.5 Å². The van der Waals surface area contributed by atoms with Gasteiger partial charge in [-0.2, -0.15) is 0 Å². The number of benzene rings is 2. The lowest BCUT2D eigenvalue weighted by atomic mass is 9.91. The van der Waals surface area contributed by atoms with Gasteiger partial charge in [-0.25, -0.2) is 4.79 Å². The predicted octanol–water partition coefficient (Wildman–Crippen LogP) is 6.73. The molecule has 6 heteroatoms. The van der Waals surface area contributed by atoms with Crippen molar-refractivity contribution in [3.05, 3.63) is 53.6 Å². The van der Waals surface area contributed by atoms with Crippen LogP contribution < -0.4 is 10.6 Å².